The molecule has 4 aliphatic heterocycles. The number of amides is 1. The van der Waals surface area contributed by atoms with Crippen molar-refractivity contribution >= 4 is 5.91 Å². The van der Waals surface area contributed by atoms with Crippen molar-refractivity contribution in [2.45, 2.75) is 24.9 Å². The smallest absolute Gasteiger partial charge is 0.227 e. The van der Waals surface area contributed by atoms with Crippen LogP contribution in [0.25, 0.3) is 0 Å². The van der Waals surface area contributed by atoms with Gasteiger partial charge >= 0.3 is 0 Å². The van der Waals surface area contributed by atoms with Crippen LogP contribution in [-0.2, 0) is 9.53 Å². The monoisotopic (exact) mass is 239 g/mol. The molecule has 4 heterocycles. The van der Waals surface area contributed by atoms with Gasteiger partial charge in [-0.2, -0.15) is 0 Å². The Kier molecular flexibility index (Phi) is 3.06. The van der Waals surface area contributed by atoms with Gasteiger partial charge in [0.05, 0.1) is 19.1 Å². The number of ether oxygens (including phenoxy) is 1. The first-order valence-electron chi connectivity index (χ1n) is 6.60. The average Bonchev–Trinajstić information content (AvgIpc) is 2.77. The summed E-state index contributed by atoms with van der Waals surface area (Å²) in [5, 5.41) is 3.18. The van der Waals surface area contributed by atoms with Gasteiger partial charge in [-0.1, -0.05) is 0 Å². The molecule has 4 aliphatic rings. The summed E-state index contributed by atoms with van der Waals surface area (Å²) in [5.41, 5.74) is 5.86. The second kappa shape index (κ2) is 4.55. The largest absolute Gasteiger partial charge is 0.379 e. The van der Waals surface area contributed by atoms with Crippen molar-refractivity contribution in [2.24, 2.45) is 17.6 Å². The van der Waals surface area contributed by atoms with Gasteiger partial charge in [-0.25, -0.2) is 0 Å². The van der Waals surface area contributed by atoms with E-state index in [-0.39, 0.29) is 17.9 Å². The maximum absolute atomic E-state index is 12.1. The van der Waals surface area contributed by atoms with Crippen LogP contribution in [0.3, 0.4) is 0 Å². The summed E-state index contributed by atoms with van der Waals surface area (Å²) in [6.07, 6.45) is 2.44. The standard InChI is InChI=1S/C12H21N3O2/c13-10-7-17-6-9(10)12(16)14-11-5-15-3-1-8(11)2-4-15/h8-11H,1-7,13H2,(H,14,16). The molecule has 5 nitrogen and oxygen atoms in total. The van der Waals surface area contributed by atoms with E-state index in [1.807, 2.05) is 0 Å². The molecule has 0 radical (unpaired) electrons. The molecule has 0 spiro atoms. The van der Waals surface area contributed by atoms with Crippen LogP contribution >= 0.6 is 0 Å². The number of nitrogens with zero attached hydrogens (tertiary/aromatic N) is 1. The Hall–Kier alpha value is -0.650. The molecule has 0 aromatic carbocycles. The minimum absolute atomic E-state index is 0.0914. The number of hydrogen-bond acceptors (Lipinski definition) is 4. The second-order valence-electron chi connectivity index (χ2n) is 5.56. The molecule has 1 amide bonds. The quantitative estimate of drug-likeness (QED) is 0.660. The van der Waals surface area contributed by atoms with Gasteiger partial charge in [-0.05, 0) is 31.8 Å². The van der Waals surface area contributed by atoms with Gasteiger partial charge in [-0.3, -0.25) is 4.79 Å². The van der Waals surface area contributed by atoms with Gasteiger partial charge in [0.2, 0.25) is 5.91 Å². The molecule has 0 saturated carbocycles. The Bertz CT molecular complexity index is 302. The molecule has 5 heteroatoms. The molecule has 4 rings (SSSR count). The third-order valence-corrected chi connectivity index (χ3v) is 4.45. The zero-order chi connectivity index (χ0) is 11.8. The molecule has 4 fully saturated rings. The van der Waals surface area contributed by atoms with Crippen LogP contribution in [0.1, 0.15) is 12.8 Å². The fourth-order valence-electron chi connectivity index (χ4n) is 3.26. The fraction of sp³-hybridized carbons (Fsp3) is 0.917. The Morgan fingerprint density at radius 3 is 2.59 bits per heavy atom. The molecular weight excluding hydrogens is 218 g/mol. The lowest BCUT2D eigenvalue weighted by Gasteiger charge is -2.45. The molecule has 96 valence electrons. The first-order chi connectivity index (χ1) is 8.24. The van der Waals surface area contributed by atoms with E-state index in [9.17, 15) is 4.79 Å². The summed E-state index contributed by atoms with van der Waals surface area (Å²) in [6.45, 7) is 4.40. The molecule has 3 unspecified atom stereocenters. The van der Waals surface area contributed by atoms with E-state index in [4.69, 9.17) is 10.5 Å². The zero-order valence-corrected chi connectivity index (χ0v) is 10.1. The fourth-order valence-corrected chi connectivity index (χ4v) is 3.26. The second-order valence-corrected chi connectivity index (χ2v) is 5.56. The first-order valence-corrected chi connectivity index (χ1v) is 6.60. The lowest BCUT2D eigenvalue weighted by atomic mass is 9.83. The van der Waals surface area contributed by atoms with E-state index in [0.717, 1.165) is 6.54 Å². The molecule has 2 bridgehead atoms. The number of carbonyl (C=O) groups excluding carboxylic acids is 1. The first kappa shape index (κ1) is 11.4. The number of nitrogens with two attached hydrogens (primary N) is 1. The van der Waals surface area contributed by atoms with Crippen molar-refractivity contribution in [2.75, 3.05) is 32.8 Å². The highest BCUT2D eigenvalue weighted by Gasteiger charge is 2.38. The van der Waals surface area contributed by atoms with E-state index in [1.165, 1.54) is 25.9 Å². The van der Waals surface area contributed by atoms with Crippen LogP contribution in [0.2, 0.25) is 0 Å². The molecule has 3 atom stereocenters. The van der Waals surface area contributed by atoms with Crippen molar-refractivity contribution < 1.29 is 9.53 Å². The number of nitrogens with one attached hydrogen (secondary N) is 1. The summed E-state index contributed by atoms with van der Waals surface area (Å²) in [6, 6.07) is 0.203. The number of rotatable bonds is 2. The highest BCUT2D eigenvalue weighted by molar-refractivity contribution is 5.80. The number of hydrogen-bond donors (Lipinski definition) is 2. The highest BCUT2D eigenvalue weighted by Crippen LogP contribution is 2.27. The summed E-state index contributed by atoms with van der Waals surface area (Å²) >= 11 is 0. The topological polar surface area (TPSA) is 67.6 Å². The van der Waals surface area contributed by atoms with Gasteiger partial charge in [-0.15, -0.1) is 0 Å². The van der Waals surface area contributed by atoms with Crippen molar-refractivity contribution in [1.82, 2.24) is 10.2 Å². The van der Waals surface area contributed by atoms with Gasteiger partial charge in [0.25, 0.3) is 0 Å². The summed E-state index contributed by atoms with van der Waals surface area (Å²) < 4.78 is 5.25. The Labute approximate surface area is 102 Å². The van der Waals surface area contributed by atoms with Crippen molar-refractivity contribution in [3.05, 3.63) is 0 Å². The molecule has 17 heavy (non-hydrogen) atoms. The van der Waals surface area contributed by atoms with E-state index in [0.29, 0.717) is 25.2 Å². The Morgan fingerprint density at radius 2 is 2.06 bits per heavy atom. The third-order valence-electron chi connectivity index (χ3n) is 4.45. The zero-order valence-electron chi connectivity index (χ0n) is 10.1. The van der Waals surface area contributed by atoms with E-state index in [2.05, 4.69) is 10.2 Å². The molecule has 0 aromatic rings. The highest BCUT2D eigenvalue weighted by atomic mass is 16.5. The minimum Gasteiger partial charge on any atom is -0.379 e. The predicted molar refractivity (Wildman–Crippen MR) is 63.4 cm³/mol. The van der Waals surface area contributed by atoms with Crippen LogP contribution in [-0.4, -0.2) is 55.7 Å². The predicted octanol–water partition coefficient (Wildman–Crippen LogP) is -0.829. The molecule has 4 saturated heterocycles. The van der Waals surface area contributed by atoms with Gasteiger partial charge in [0, 0.05) is 18.6 Å². The Morgan fingerprint density at radius 1 is 1.29 bits per heavy atom. The minimum atomic E-state index is -0.148. The molecule has 3 N–H and O–H groups in total. The molecule has 0 aliphatic carbocycles. The molecule has 0 aromatic heterocycles. The number of fused-ring (bicyclic) bond motifs is 3. The van der Waals surface area contributed by atoms with E-state index < -0.39 is 0 Å². The van der Waals surface area contributed by atoms with Crippen LogP contribution in [0.15, 0.2) is 0 Å². The average molecular weight is 239 g/mol. The van der Waals surface area contributed by atoms with Crippen molar-refractivity contribution in [1.29, 1.82) is 0 Å². The normalized spacial score (nSPS) is 44.9. The molecular formula is C12H21N3O2. The van der Waals surface area contributed by atoms with Crippen molar-refractivity contribution in [3.63, 3.8) is 0 Å². The summed E-state index contributed by atoms with van der Waals surface area (Å²) in [4.78, 5) is 14.6. The van der Waals surface area contributed by atoms with Gasteiger partial charge in [0.1, 0.15) is 0 Å². The third kappa shape index (κ3) is 2.19. The maximum atomic E-state index is 12.1. The maximum Gasteiger partial charge on any atom is 0.227 e. The van der Waals surface area contributed by atoms with Crippen LogP contribution in [0.4, 0.5) is 0 Å². The summed E-state index contributed by atoms with van der Waals surface area (Å²) in [5.74, 6) is 0.613. The van der Waals surface area contributed by atoms with Crippen LogP contribution in [0, 0.1) is 11.8 Å². The Balaban J connectivity index is 1.58. The van der Waals surface area contributed by atoms with E-state index >= 15 is 0 Å². The van der Waals surface area contributed by atoms with Gasteiger partial charge in [0.15, 0.2) is 0 Å². The summed E-state index contributed by atoms with van der Waals surface area (Å²) in [7, 11) is 0. The lowest BCUT2D eigenvalue weighted by Crippen LogP contribution is -2.58. The van der Waals surface area contributed by atoms with Gasteiger partial charge < -0.3 is 20.7 Å². The lowest BCUT2D eigenvalue weighted by molar-refractivity contribution is -0.127. The van der Waals surface area contributed by atoms with Crippen LogP contribution < -0.4 is 11.1 Å². The van der Waals surface area contributed by atoms with E-state index in [1.54, 1.807) is 0 Å². The number of piperidine rings is 3. The van der Waals surface area contributed by atoms with Crippen LogP contribution in [0.5, 0.6) is 0 Å². The SMILES string of the molecule is NC1COCC1C(=O)NC1CN2CCC1CC2. The van der Waals surface area contributed by atoms with Crippen molar-refractivity contribution in [3.8, 4) is 0 Å². The number of carbonyl (C=O) groups is 1.